The highest BCUT2D eigenvalue weighted by Gasteiger charge is 2.53. The second-order valence-electron chi connectivity index (χ2n) is 10.4. The number of rotatable bonds is 4. The number of nitriles is 1. The largest absolute Gasteiger partial charge is 0.386 e. The third-order valence-corrected chi connectivity index (χ3v) is 7.51. The zero-order chi connectivity index (χ0) is 24.4. The summed E-state index contributed by atoms with van der Waals surface area (Å²) in [6, 6.07) is 12.1. The number of hydrogen-bond donors (Lipinski definition) is 2. The number of imidazole rings is 1. The Morgan fingerprint density at radius 3 is 2.69 bits per heavy atom. The first kappa shape index (κ1) is 21.8. The zero-order valence-corrected chi connectivity index (χ0v) is 20.0. The Kier molecular flexibility index (Phi) is 4.77. The van der Waals surface area contributed by atoms with Gasteiger partial charge in [-0.3, -0.25) is 9.20 Å². The first-order chi connectivity index (χ1) is 16.8. The molecule has 0 radical (unpaired) electrons. The van der Waals surface area contributed by atoms with Crippen LogP contribution in [0.4, 0.5) is 0 Å². The highest BCUT2D eigenvalue weighted by atomic mass is 16.3. The number of benzene rings is 1. The van der Waals surface area contributed by atoms with Crippen LogP contribution in [0.2, 0.25) is 0 Å². The number of H-pyrrole nitrogens is 1. The van der Waals surface area contributed by atoms with E-state index < -0.39 is 11.0 Å². The number of aromatic amines is 1. The van der Waals surface area contributed by atoms with Crippen LogP contribution in [0.3, 0.4) is 0 Å². The van der Waals surface area contributed by atoms with Crippen molar-refractivity contribution >= 4 is 22.6 Å². The molecule has 2 aliphatic rings. The summed E-state index contributed by atoms with van der Waals surface area (Å²) >= 11 is 0. The maximum Gasteiger partial charge on any atom is 0.243 e. The summed E-state index contributed by atoms with van der Waals surface area (Å²) in [7, 11) is 0. The Labute approximate surface area is 203 Å². The van der Waals surface area contributed by atoms with Gasteiger partial charge in [-0.15, -0.1) is 0 Å². The minimum atomic E-state index is -0.917. The number of aliphatic hydroxyl groups is 1. The van der Waals surface area contributed by atoms with Crippen molar-refractivity contribution in [2.24, 2.45) is 5.41 Å². The van der Waals surface area contributed by atoms with Crippen LogP contribution < -0.4 is 0 Å². The third kappa shape index (κ3) is 3.50. The van der Waals surface area contributed by atoms with Crippen LogP contribution >= 0.6 is 0 Å². The fourth-order valence-corrected chi connectivity index (χ4v) is 5.28. The Hall–Kier alpha value is -3.70. The molecule has 1 saturated carbocycles. The summed E-state index contributed by atoms with van der Waals surface area (Å²) in [5, 5.41) is 19.9. The highest BCUT2D eigenvalue weighted by Crippen LogP contribution is 2.47. The monoisotopic (exact) mass is 468 g/mol. The predicted octanol–water partition coefficient (Wildman–Crippen LogP) is 4.11. The molecule has 4 heterocycles. The number of nitrogens with zero attached hydrogens (tertiary/aromatic N) is 5. The molecule has 4 aromatic rings. The second kappa shape index (κ2) is 7.65. The van der Waals surface area contributed by atoms with E-state index >= 15 is 0 Å². The molecule has 35 heavy (non-hydrogen) atoms. The van der Waals surface area contributed by atoms with Gasteiger partial charge in [0.25, 0.3) is 0 Å². The lowest BCUT2D eigenvalue weighted by Crippen LogP contribution is -2.43. The molecule has 0 unspecified atom stereocenters. The number of fused-ring (bicyclic) bond motifs is 3. The lowest BCUT2D eigenvalue weighted by molar-refractivity contribution is -0.136. The summed E-state index contributed by atoms with van der Waals surface area (Å²) in [5.41, 5.74) is 3.53. The molecule has 6 rings (SSSR count). The lowest BCUT2D eigenvalue weighted by Gasteiger charge is -2.33. The number of piperidine rings is 1. The van der Waals surface area contributed by atoms with Gasteiger partial charge in [-0.1, -0.05) is 24.3 Å². The van der Waals surface area contributed by atoms with Gasteiger partial charge in [-0.25, -0.2) is 9.97 Å². The fraction of sp³-hybridized carbons (Fsp3) is 0.407. The Balaban J connectivity index is 1.44. The summed E-state index contributed by atoms with van der Waals surface area (Å²) in [6.07, 6.45) is 6.85. The Bertz CT molecular complexity index is 1480. The van der Waals surface area contributed by atoms with E-state index in [9.17, 15) is 15.2 Å². The molecule has 0 spiro atoms. The smallest absolute Gasteiger partial charge is 0.243 e. The molecule has 3 aromatic heterocycles. The molecule has 1 atom stereocenters. The Morgan fingerprint density at radius 1 is 1.23 bits per heavy atom. The number of carbonyl (C=O) groups is 1. The number of amides is 1. The topological polar surface area (TPSA) is 110 Å². The molecule has 8 nitrogen and oxygen atoms in total. The maximum atomic E-state index is 13.1. The molecular formula is C27H28N6O2. The van der Waals surface area contributed by atoms with Gasteiger partial charge in [-0.05, 0) is 51.2 Å². The molecule has 2 N–H and O–H groups in total. The molecular weight excluding hydrogens is 440 g/mol. The van der Waals surface area contributed by atoms with Crippen LogP contribution in [0.15, 0.2) is 42.7 Å². The zero-order valence-electron chi connectivity index (χ0n) is 20.0. The molecule has 1 saturated heterocycles. The minimum absolute atomic E-state index is 0.0264. The summed E-state index contributed by atoms with van der Waals surface area (Å²) in [5.74, 6) is 0.939. The number of aromatic nitrogens is 4. The van der Waals surface area contributed by atoms with Crippen molar-refractivity contribution in [2.45, 2.75) is 51.0 Å². The molecule has 2 fully saturated rings. The van der Waals surface area contributed by atoms with Gasteiger partial charge in [0.05, 0.1) is 34.6 Å². The summed E-state index contributed by atoms with van der Waals surface area (Å²) in [6.45, 7) is 4.79. The van der Waals surface area contributed by atoms with Crippen molar-refractivity contribution in [1.29, 1.82) is 5.26 Å². The van der Waals surface area contributed by atoms with E-state index in [0.717, 1.165) is 52.2 Å². The molecule has 1 aliphatic carbocycles. The van der Waals surface area contributed by atoms with Gasteiger partial charge in [0.1, 0.15) is 11.2 Å². The predicted molar refractivity (Wildman–Crippen MR) is 131 cm³/mol. The first-order valence-electron chi connectivity index (χ1n) is 12.2. The lowest BCUT2D eigenvalue weighted by atomic mass is 9.95. The van der Waals surface area contributed by atoms with Gasteiger partial charge in [0, 0.05) is 30.8 Å². The van der Waals surface area contributed by atoms with Crippen molar-refractivity contribution in [3.05, 3.63) is 54.1 Å². The van der Waals surface area contributed by atoms with Crippen molar-refractivity contribution in [1.82, 2.24) is 24.3 Å². The van der Waals surface area contributed by atoms with Crippen LogP contribution in [0.1, 0.15) is 56.8 Å². The van der Waals surface area contributed by atoms with Crippen molar-refractivity contribution < 1.29 is 9.90 Å². The Morgan fingerprint density at radius 2 is 2.00 bits per heavy atom. The van der Waals surface area contributed by atoms with E-state index in [-0.39, 0.29) is 11.8 Å². The third-order valence-electron chi connectivity index (χ3n) is 7.51. The minimum Gasteiger partial charge on any atom is -0.386 e. The van der Waals surface area contributed by atoms with E-state index in [4.69, 9.17) is 4.98 Å². The van der Waals surface area contributed by atoms with E-state index in [1.54, 1.807) is 13.8 Å². The fourth-order valence-electron chi connectivity index (χ4n) is 5.28. The number of nitrogens with one attached hydrogen (secondary N) is 1. The van der Waals surface area contributed by atoms with Crippen LogP contribution in [0.25, 0.3) is 27.9 Å². The van der Waals surface area contributed by atoms with Gasteiger partial charge < -0.3 is 15.0 Å². The number of likely N-dealkylation sites (tertiary alicyclic amines) is 1. The second-order valence-corrected chi connectivity index (χ2v) is 10.4. The average molecular weight is 469 g/mol. The molecule has 1 aliphatic heterocycles. The van der Waals surface area contributed by atoms with Gasteiger partial charge >= 0.3 is 0 Å². The standard InChI is InChI=1S/C27H28N6O2/c1-26(2,35)19-7-5-17(6-8-19)22-21-14-30-23-20(9-12-29-23)33(21)24(31-22)18-4-3-13-32(15-18)25(34)27(16-28)10-11-27/h5-9,12,14,18,29,35H,3-4,10-11,13,15H2,1-2H3/t18-/m0/s1. The number of hydrogen-bond acceptors (Lipinski definition) is 5. The van der Waals surface area contributed by atoms with Crippen LogP contribution in [0, 0.1) is 16.7 Å². The van der Waals surface area contributed by atoms with Crippen molar-refractivity contribution in [2.75, 3.05) is 13.1 Å². The molecule has 8 heteroatoms. The average Bonchev–Trinajstić information content (AvgIpc) is 3.34. The van der Waals surface area contributed by atoms with E-state index in [2.05, 4.69) is 20.4 Å². The van der Waals surface area contributed by atoms with Crippen LogP contribution in [-0.2, 0) is 10.4 Å². The quantitative estimate of drug-likeness (QED) is 0.468. The SMILES string of the molecule is CC(C)(O)c1ccc(-c2nc([C@H]3CCCN(C(=O)C4(C#N)CC4)C3)n3c2cnc2[nH]ccc23)cc1. The molecule has 1 amide bonds. The van der Waals surface area contributed by atoms with E-state index in [1.165, 1.54) is 0 Å². The van der Waals surface area contributed by atoms with Crippen LogP contribution in [-0.4, -0.2) is 48.4 Å². The first-order valence-corrected chi connectivity index (χ1v) is 12.2. The van der Waals surface area contributed by atoms with Gasteiger partial charge in [0.15, 0.2) is 5.65 Å². The summed E-state index contributed by atoms with van der Waals surface area (Å²) in [4.78, 5) is 27.9. The van der Waals surface area contributed by atoms with Crippen LogP contribution in [0.5, 0.6) is 0 Å². The normalized spacial score (nSPS) is 19.7. The number of carbonyl (C=O) groups excluding carboxylic acids is 1. The van der Waals surface area contributed by atoms with Crippen molar-refractivity contribution in [3.63, 3.8) is 0 Å². The maximum absolute atomic E-state index is 13.1. The highest BCUT2D eigenvalue weighted by molar-refractivity contribution is 5.88. The molecule has 1 aromatic carbocycles. The van der Waals surface area contributed by atoms with Crippen molar-refractivity contribution in [3.8, 4) is 17.3 Å². The van der Waals surface area contributed by atoms with E-state index in [1.807, 2.05) is 47.6 Å². The summed E-state index contributed by atoms with van der Waals surface area (Å²) < 4.78 is 2.16. The molecule has 178 valence electrons. The van der Waals surface area contributed by atoms with Gasteiger partial charge in [0.2, 0.25) is 5.91 Å². The van der Waals surface area contributed by atoms with Gasteiger partial charge in [-0.2, -0.15) is 5.26 Å². The van der Waals surface area contributed by atoms with E-state index in [0.29, 0.717) is 25.9 Å². The molecule has 0 bridgehead atoms.